The van der Waals surface area contributed by atoms with Gasteiger partial charge < -0.3 is 9.97 Å². The van der Waals surface area contributed by atoms with E-state index in [0.29, 0.717) is 34.1 Å². The van der Waals surface area contributed by atoms with Gasteiger partial charge in [-0.3, -0.25) is 24.0 Å². The number of aromatic nitrogens is 6. The molecular weight excluding hydrogens is 693 g/mol. The van der Waals surface area contributed by atoms with Crippen molar-refractivity contribution in [2.24, 2.45) is 0 Å². The molecule has 0 radical (unpaired) electrons. The lowest BCUT2D eigenvalue weighted by molar-refractivity contribution is 0.101. The summed E-state index contributed by atoms with van der Waals surface area (Å²) in [4.78, 5) is 80.3. The van der Waals surface area contributed by atoms with Crippen LogP contribution in [0.5, 0.6) is 0 Å². The third kappa shape index (κ3) is 8.82. The van der Waals surface area contributed by atoms with Gasteiger partial charge in [-0.2, -0.15) is 0 Å². The molecule has 11 heteroatoms. The second-order valence-electron chi connectivity index (χ2n) is 11.9. The van der Waals surface area contributed by atoms with Crippen LogP contribution in [0.2, 0.25) is 0 Å². The molecule has 8 aromatic rings. The number of pyridine rings is 2. The Kier molecular flexibility index (Phi) is 11.8. The van der Waals surface area contributed by atoms with E-state index in [2.05, 4.69) is 29.9 Å². The number of ketones is 2. The van der Waals surface area contributed by atoms with E-state index in [1.165, 1.54) is 38.0 Å². The molecule has 0 aliphatic rings. The highest BCUT2D eigenvalue weighted by Gasteiger charge is 2.19. The van der Waals surface area contributed by atoms with E-state index in [-0.39, 0.29) is 28.3 Å². The quantitative estimate of drug-likeness (QED) is 0.0957. The van der Waals surface area contributed by atoms with Gasteiger partial charge in [0.25, 0.3) is 11.1 Å². The SMILES string of the molecule is CC(=O)c1c(-c2ccccc2)c2ccccc2[nH]c1=O.O=C(/C=C/c1cncnc1)c1c(-c2ccccc2)c2ccccc2[nH]c1=O.O=Cc1cncnc1. The topological polar surface area (TPSA) is 168 Å². The Morgan fingerprint density at radius 2 is 0.964 bits per heavy atom. The van der Waals surface area contributed by atoms with Crippen molar-refractivity contribution in [3.8, 4) is 22.3 Å². The maximum atomic E-state index is 12.9. The molecule has 0 aliphatic heterocycles. The van der Waals surface area contributed by atoms with E-state index in [1.54, 1.807) is 18.5 Å². The van der Waals surface area contributed by atoms with Crippen molar-refractivity contribution in [1.29, 1.82) is 0 Å². The van der Waals surface area contributed by atoms with Gasteiger partial charge in [-0.15, -0.1) is 0 Å². The van der Waals surface area contributed by atoms with Gasteiger partial charge in [-0.25, -0.2) is 19.9 Å². The van der Waals surface area contributed by atoms with Gasteiger partial charge in [-0.1, -0.05) is 97.1 Å². The molecule has 0 aliphatic carbocycles. The Balaban J connectivity index is 0.000000160. The number of allylic oxidation sites excluding steroid dienone is 1. The number of aldehydes is 1. The predicted octanol–water partition coefficient (Wildman–Crippen LogP) is 7.57. The first-order valence-electron chi connectivity index (χ1n) is 16.9. The van der Waals surface area contributed by atoms with E-state index in [1.807, 2.05) is 109 Å². The molecule has 55 heavy (non-hydrogen) atoms. The first-order valence-corrected chi connectivity index (χ1v) is 16.9. The molecule has 4 aromatic carbocycles. The maximum Gasteiger partial charge on any atom is 0.260 e. The fourth-order valence-corrected chi connectivity index (χ4v) is 5.89. The van der Waals surface area contributed by atoms with Crippen LogP contribution in [0.25, 0.3) is 50.1 Å². The van der Waals surface area contributed by atoms with Crippen molar-refractivity contribution in [2.75, 3.05) is 0 Å². The number of hydrogen-bond acceptors (Lipinski definition) is 9. The Labute approximate surface area is 314 Å². The van der Waals surface area contributed by atoms with Crippen molar-refractivity contribution in [1.82, 2.24) is 29.9 Å². The van der Waals surface area contributed by atoms with Crippen LogP contribution in [0, 0.1) is 0 Å². The number of fused-ring (bicyclic) bond motifs is 2. The number of Topliss-reactive ketones (excluding diaryl/α,β-unsaturated/α-hetero) is 1. The summed E-state index contributed by atoms with van der Waals surface area (Å²) in [5.41, 5.74) is 5.24. The zero-order valence-corrected chi connectivity index (χ0v) is 29.4. The highest BCUT2D eigenvalue weighted by Crippen LogP contribution is 2.31. The third-order valence-corrected chi connectivity index (χ3v) is 8.29. The number of hydrogen-bond donors (Lipinski definition) is 2. The lowest BCUT2D eigenvalue weighted by atomic mass is 9.94. The summed E-state index contributed by atoms with van der Waals surface area (Å²) in [7, 11) is 0. The van der Waals surface area contributed by atoms with Crippen molar-refractivity contribution >= 4 is 45.7 Å². The summed E-state index contributed by atoms with van der Waals surface area (Å²) in [6.45, 7) is 1.42. The number of nitrogens with one attached hydrogen (secondary N) is 2. The molecule has 0 saturated carbocycles. The van der Waals surface area contributed by atoms with Crippen LogP contribution in [0.1, 0.15) is 43.6 Å². The van der Waals surface area contributed by atoms with Gasteiger partial charge in [0.1, 0.15) is 12.7 Å². The van der Waals surface area contributed by atoms with Gasteiger partial charge in [0.15, 0.2) is 17.9 Å². The van der Waals surface area contributed by atoms with E-state index in [9.17, 15) is 24.0 Å². The van der Waals surface area contributed by atoms with Gasteiger partial charge in [0.05, 0.1) is 16.7 Å². The number of nitrogens with zero attached hydrogens (tertiary/aromatic N) is 4. The number of carbonyl (C=O) groups is 3. The van der Waals surface area contributed by atoms with Crippen LogP contribution in [-0.4, -0.2) is 47.8 Å². The third-order valence-electron chi connectivity index (χ3n) is 8.29. The Bertz CT molecular complexity index is 2750. The highest BCUT2D eigenvalue weighted by molar-refractivity contribution is 6.15. The zero-order valence-electron chi connectivity index (χ0n) is 29.4. The zero-order chi connectivity index (χ0) is 38.6. The summed E-state index contributed by atoms with van der Waals surface area (Å²) < 4.78 is 0. The summed E-state index contributed by atoms with van der Waals surface area (Å²) >= 11 is 0. The molecule has 11 nitrogen and oxygen atoms in total. The minimum Gasteiger partial charge on any atom is -0.321 e. The highest BCUT2D eigenvalue weighted by atomic mass is 16.2. The molecule has 0 bridgehead atoms. The number of aromatic amines is 2. The number of para-hydroxylation sites is 2. The van der Waals surface area contributed by atoms with Gasteiger partial charge in [0.2, 0.25) is 0 Å². The van der Waals surface area contributed by atoms with Crippen LogP contribution in [-0.2, 0) is 0 Å². The standard InChI is InChI=1S/C22H15N3O2.C17H13NO2.C5H4N2O/c26-19(11-10-15-12-23-14-24-13-15)21-20(16-6-2-1-3-7-16)17-8-4-5-9-18(17)25-22(21)27;1-11(19)15-16(12-7-3-2-4-8-12)13-9-5-6-10-14(13)18-17(15)20;8-3-5-1-6-4-7-2-5/h1-14H,(H,25,27);2-10H,1H3,(H,18,20);1-4H/b11-10+;;. The summed E-state index contributed by atoms with van der Waals surface area (Å²) in [5.74, 6) is -0.597. The van der Waals surface area contributed by atoms with E-state index < -0.39 is 5.56 Å². The molecular formula is C44H32N6O5. The predicted molar refractivity (Wildman–Crippen MR) is 213 cm³/mol. The second-order valence-corrected chi connectivity index (χ2v) is 11.9. The van der Waals surface area contributed by atoms with Crippen molar-refractivity contribution in [3.05, 3.63) is 196 Å². The van der Waals surface area contributed by atoms with Crippen LogP contribution in [0.4, 0.5) is 0 Å². The lowest BCUT2D eigenvalue weighted by Crippen LogP contribution is -2.18. The van der Waals surface area contributed by atoms with Crippen molar-refractivity contribution in [3.63, 3.8) is 0 Å². The van der Waals surface area contributed by atoms with Gasteiger partial charge in [-0.05, 0) is 42.3 Å². The first-order chi connectivity index (χ1) is 26.9. The second kappa shape index (κ2) is 17.6. The first kappa shape index (κ1) is 37.0. The minimum atomic E-state index is -0.411. The van der Waals surface area contributed by atoms with Crippen LogP contribution < -0.4 is 11.1 Å². The molecule has 0 spiro atoms. The summed E-state index contributed by atoms with van der Waals surface area (Å²) in [6.07, 6.45) is 12.6. The normalized spacial score (nSPS) is 10.6. The molecule has 0 amide bonds. The molecule has 0 saturated heterocycles. The average Bonchev–Trinajstić information content (AvgIpc) is 3.23. The smallest absolute Gasteiger partial charge is 0.260 e. The van der Waals surface area contributed by atoms with Crippen molar-refractivity contribution < 1.29 is 14.4 Å². The fraction of sp³-hybridized carbons (Fsp3) is 0.0227. The van der Waals surface area contributed by atoms with Crippen molar-refractivity contribution in [2.45, 2.75) is 6.92 Å². The molecule has 2 N–H and O–H groups in total. The number of carbonyl (C=O) groups excluding carboxylic acids is 3. The average molecular weight is 725 g/mol. The van der Waals surface area contributed by atoms with Crippen LogP contribution in [0.3, 0.4) is 0 Å². The van der Waals surface area contributed by atoms with Crippen LogP contribution >= 0.6 is 0 Å². The largest absolute Gasteiger partial charge is 0.321 e. The molecule has 4 aromatic heterocycles. The molecule has 0 atom stereocenters. The summed E-state index contributed by atoms with van der Waals surface area (Å²) in [5, 5.41) is 1.70. The Morgan fingerprint density at radius 1 is 0.545 bits per heavy atom. The molecule has 268 valence electrons. The van der Waals surface area contributed by atoms with E-state index in [4.69, 9.17) is 0 Å². The molecule has 0 unspecified atom stereocenters. The Hall–Kier alpha value is -7.79. The number of benzene rings is 4. The van der Waals surface area contributed by atoms with E-state index >= 15 is 0 Å². The monoisotopic (exact) mass is 724 g/mol. The van der Waals surface area contributed by atoms with Gasteiger partial charge in [0, 0.05) is 63.3 Å². The van der Waals surface area contributed by atoms with Gasteiger partial charge >= 0.3 is 0 Å². The minimum absolute atomic E-state index is 0.119. The van der Waals surface area contributed by atoms with E-state index in [0.717, 1.165) is 27.4 Å². The van der Waals surface area contributed by atoms with Crippen LogP contribution in [0.15, 0.2) is 162 Å². The molecule has 4 heterocycles. The fourth-order valence-electron chi connectivity index (χ4n) is 5.89. The number of H-pyrrole nitrogens is 2. The molecule has 0 fully saturated rings. The Morgan fingerprint density at radius 3 is 1.42 bits per heavy atom. The summed E-state index contributed by atoms with van der Waals surface area (Å²) in [6, 6.07) is 34.0. The lowest BCUT2D eigenvalue weighted by Gasteiger charge is -2.11. The maximum absolute atomic E-state index is 12.9. The molecule has 8 rings (SSSR count). The number of rotatable bonds is 7.